The number of morpholine rings is 1. The molecule has 1 N–H and O–H groups in total. The van der Waals surface area contributed by atoms with Gasteiger partial charge in [-0.05, 0) is 32.0 Å². The highest BCUT2D eigenvalue weighted by Gasteiger charge is 2.28. The number of ether oxygens (including phenoxy) is 2. The van der Waals surface area contributed by atoms with Gasteiger partial charge in [-0.25, -0.2) is 4.39 Å². The number of halogens is 2. The third kappa shape index (κ3) is 4.42. The number of benzene rings is 1. The van der Waals surface area contributed by atoms with Gasteiger partial charge in [0.05, 0.1) is 24.9 Å². The molecular formula is C14H19ClFNO2. The Hall–Kier alpha value is -0.680. The van der Waals surface area contributed by atoms with Gasteiger partial charge in [0.25, 0.3) is 0 Å². The van der Waals surface area contributed by atoms with E-state index in [4.69, 9.17) is 21.1 Å². The van der Waals surface area contributed by atoms with Gasteiger partial charge >= 0.3 is 0 Å². The summed E-state index contributed by atoms with van der Waals surface area (Å²) in [4.78, 5) is 0. The zero-order chi connectivity index (χ0) is 13.9. The Morgan fingerprint density at radius 3 is 3.05 bits per heavy atom. The molecule has 1 saturated heterocycles. The van der Waals surface area contributed by atoms with E-state index in [1.54, 1.807) is 6.07 Å². The van der Waals surface area contributed by atoms with E-state index in [0.29, 0.717) is 17.2 Å². The van der Waals surface area contributed by atoms with E-state index in [1.165, 1.54) is 12.1 Å². The summed E-state index contributed by atoms with van der Waals surface area (Å²) in [5, 5.41) is 3.80. The zero-order valence-electron chi connectivity index (χ0n) is 11.2. The van der Waals surface area contributed by atoms with Gasteiger partial charge in [0.1, 0.15) is 5.82 Å². The second-order valence-electron chi connectivity index (χ2n) is 5.38. The van der Waals surface area contributed by atoms with Gasteiger partial charge in [0.15, 0.2) is 0 Å². The SMILES string of the molecule is CC1(C)CNCC(COCc2cc(Cl)ccc2F)O1. The van der Waals surface area contributed by atoms with Crippen LogP contribution in [-0.4, -0.2) is 31.4 Å². The molecule has 3 nitrogen and oxygen atoms in total. The molecule has 1 fully saturated rings. The van der Waals surface area contributed by atoms with Crippen molar-refractivity contribution in [1.82, 2.24) is 5.32 Å². The number of hydrogen-bond donors (Lipinski definition) is 1. The smallest absolute Gasteiger partial charge is 0.128 e. The summed E-state index contributed by atoms with van der Waals surface area (Å²) >= 11 is 5.82. The molecule has 1 aliphatic heterocycles. The van der Waals surface area contributed by atoms with Crippen molar-refractivity contribution in [1.29, 1.82) is 0 Å². The Morgan fingerprint density at radius 1 is 1.53 bits per heavy atom. The van der Waals surface area contributed by atoms with E-state index >= 15 is 0 Å². The first-order valence-corrected chi connectivity index (χ1v) is 6.74. The Bertz CT molecular complexity index is 439. The van der Waals surface area contributed by atoms with Crippen molar-refractivity contribution in [3.63, 3.8) is 0 Å². The molecule has 1 atom stereocenters. The van der Waals surface area contributed by atoms with Crippen LogP contribution in [0.3, 0.4) is 0 Å². The van der Waals surface area contributed by atoms with E-state index in [0.717, 1.165) is 13.1 Å². The van der Waals surface area contributed by atoms with Crippen LogP contribution in [0.1, 0.15) is 19.4 Å². The molecule has 0 spiro atoms. The van der Waals surface area contributed by atoms with Crippen LogP contribution in [0, 0.1) is 5.82 Å². The average molecular weight is 288 g/mol. The van der Waals surface area contributed by atoms with Crippen LogP contribution in [-0.2, 0) is 16.1 Å². The molecule has 19 heavy (non-hydrogen) atoms. The molecular weight excluding hydrogens is 269 g/mol. The molecule has 1 unspecified atom stereocenters. The number of hydrogen-bond acceptors (Lipinski definition) is 3. The van der Waals surface area contributed by atoms with E-state index in [1.807, 2.05) is 13.8 Å². The maximum Gasteiger partial charge on any atom is 0.128 e. The van der Waals surface area contributed by atoms with Crippen molar-refractivity contribution < 1.29 is 13.9 Å². The molecule has 1 aromatic rings. The van der Waals surface area contributed by atoms with Gasteiger partial charge in [-0.3, -0.25) is 0 Å². The molecule has 0 amide bonds. The van der Waals surface area contributed by atoms with Crippen molar-refractivity contribution in [2.75, 3.05) is 19.7 Å². The molecule has 5 heteroatoms. The maximum atomic E-state index is 13.5. The normalized spacial score (nSPS) is 22.4. The molecule has 0 bridgehead atoms. The molecule has 106 valence electrons. The summed E-state index contributed by atoms with van der Waals surface area (Å²) < 4.78 is 24.9. The van der Waals surface area contributed by atoms with Crippen molar-refractivity contribution in [3.8, 4) is 0 Å². The summed E-state index contributed by atoms with van der Waals surface area (Å²) in [6.07, 6.45) is -0.00834. The van der Waals surface area contributed by atoms with Gasteiger partial charge in [-0.15, -0.1) is 0 Å². The highest BCUT2D eigenvalue weighted by molar-refractivity contribution is 6.30. The van der Waals surface area contributed by atoms with Crippen LogP contribution in [0.4, 0.5) is 4.39 Å². The quantitative estimate of drug-likeness (QED) is 0.924. The molecule has 0 aliphatic carbocycles. The molecule has 0 radical (unpaired) electrons. The molecule has 2 rings (SSSR count). The first-order valence-electron chi connectivity index (χ1n) is 6.36. The third-order valence-electron chi connectivity index (χ3n) is 2.98. The summed E-state index contributed by atoms with van der Waals surface area (Å²) in [7, 11) is 0. The summed E-state index contributed by atoms with van der Waals surface area (Å²) in [6.45, 7) is 6.27. The fourth-order valence-corrected chi connectivity index (χ4v) is 2.31. The van der Waals surface area contributed by atoms with Crippen molar-refractivity contribution in [2.45, 2.75) is 32.2 Å². The predicted molar refractivity (Wildman–Crippen MR) is 72.9 cm³/mol. The van der Waals surface area contributed by atoms with Crippen LogP contribution in [0.15, 0.2) is 18.2 Å². The zero-order valence-corrected chi connectivity index (χ0v) is 12.0. The van der Waals surface area contributed by atoms with Gasteiger partial charge in [0, 0.05) is 23.7 Å². The molecule has 0 aromatic heterocycles. The maximum absolute atomic E-state index is 13.5. The van der Waals surface area contributed by atoms with Crippen LogP contribution >= 0.6 is 11.6 Å². The highest BCUT2D eigenvalue weighted by Crippen LogP contribution is 2.18. The average Bonchev–Trinajstić information content (AvgIpc) is 2.32. The van der Waals surface area contributed by atoms with Crippen molar-refractivity contribution >= 4 is 11.6 Å². The van der Waals surface area contributed by atoms with E-state index < -0.39 is 0 Å². The minimum Gasteiger partial charge on any atom is -0.374 e. The summed E-state index contributed by atoms with van der Waals surface area (Å²) in [6, 6.07) is 4.46. The van der Waals surface area contributed by atoms with Gasteiger partial charge in [-0.2, -0.15) is 0 Å². The largest absolute Gasteiger partial charge is 0.374 e. The van der Waals surface area contributed by atoms with Crippen LogP contribution < -0.4 is 5.32 Å². The van der Waals surface area contributed by atoms with Crippen LogP contribution in [0.2, 0.25) is 5.02 Å². The second-order valence-corrected chi connectivity index (χ2v) is 5.82. The minimum atomic E-state index is -0.299. The van der Waals surface area contributed by atoms with E-state index in [-0.39, 0.29) is 24.1 Å². The fourth-order valence-electron chi connectivity index (χ4n) is 2.12. The van der Waals surface area contributed by atoms with Crippen molar-refractivity contribution in [2.24, 2.45) is 0 Å². The molecule has 0 saturated carbocycles. The van der Waals surface area contributed by atoms with Gasteiger partial charge < -0.3 is 14.8 Å². The Balaban J connectivity index is 1.81. The lowest BCUT2D eigenvalue weighted by Gasteiger charge is -2.36. The first-order chi connectivity index (χ1) is 8.96. The lowest BCUT2D eigenvalue weighted by molar-refractivity contribution is -0.122. The number of nitrogens with one attached hydrogen (secondary N) is 1. The lowest BCUT2D eigenvalue weighted by Crippen LogP contribution is -2.51. The third-order valence-corrected chi connectivity index (χ3v) is 3.21. The Labute approximate surface area is 118 Å². The van der Waals surface area contributed by atoms with Crippen LogP contribution in [0.5, 0.6) is 0 Å². The molecule has 1 aliphatic rings. The van der Waals surface area contributed by atoms with Crippen LogP contribution in [0.25, 0.3) is 0 Å². The van der Waals surface area contributed by atoms with Gasteiger partial charge in [-0.1, -0.05) is 11.6 Å². The predicted octanol–water partition coefficient (Wildman–Crippen LogP) is 2.76. The Morgan fingerprint density at radius 2 is 2.32 bits per heavy atom. The highest BCUT2D eigenvalue weighted by atomic mass is 35.5. The minimum absolute atomic E-state index is 0.00834. The fraction of sp³-hybridized carbons (Fsp3) is 0.571. The standard InChI is InChI=1S/C14H19ClFNO2/c1-14(2)9-17-6-12(19-14)8-18-7-10-5-11(15)3-4-13(10)16/h3-5,12,17H,6-9H2,1-2H3. The topological polar surface area (TPSA) is 30.5 Å². The second kappa shape index (κ2) is 6.18. The lowest BCUT2D eigenvalue weighted by atomic mass is 10.1. The summed E-state index contributed by atoms with van der Waals surface area (Å²) in [5.74, 6) is -0.299. The van der Waals surface area contributed by atoms with Gasteiger partial charge in [0.2, 0.25) is 0 Å². The van der Waals surface area contributed by atoms with Crippen molar-refractivity contribution in [3.05, 3.63) is 34.6 Å². The van der Waals surface area contributed by atoms with E-state index in [9.17, 15) is 4.39 Å². The molecule has 1 aromatic carbocycles. The first kappa shape index (κ1) is 14.7. The number of rotatable bonds is 4. The van der Waals surface area contributed by atoms with E-state index in [2.05, 4.69) is 5.32 Å². The molecule has 1 heterocycles. The summed E-state index contributed by atoms with van der Waals surface area (Å²) in [5.41, 5.74) is 0.281. The monoisotopic (exact) mass is 287 g/mol. The Kier molecular flexibility index (Phi) is 4.79.